The molecule has 2 fully saturated rings. The fourth-order valence-corrected chi connectivity index (χ4v) is 3.88. The fraction of sp³-hybridized carbons (Fsp3) is 0.556. The van der Waals surface area contributed by atoms with Gasteiger partial charge in [0, 0.05) is 25.6 Å². The average Bonchev–Trinajstić information content (AvgIpc) is 2.92. The number of aliphatic carboxylic acids is 1. The first-order chi connectivity index (χ1) is 10.9. The Labute approximate surface area is 136 Å². The largest absolute Gasteiger partial charge is 0.481 e. The van der Waals surface area contributed by atoms with Crippen molar-refractivity contribution in [2.24, 2.45) is 11.3 Å². The lowest BCUT2D eigenvalue weighted by Gasteiger charge is -2.33. The van der Waals surface area contributed by atoms with Crippen molar-refractivity contribution < 1.29 is 19.4 Å². The Morgan fingerprint density at radius 3 is 2.65 bits per heavy atom. The molecule has 1 N–H and O–H groups in total. The van der Waals surface area contributed by atoms with Crippen LogP contribution in [0.1, 0.15) is 23.1 Å². The predicted molar refractivity (Wildman–Crippen MR) is 85.2 cm³/mol. The molecule has 124 valence electrons. The lowest BCUT2D eigenvalue weighted by atomic mass is 9.74. The molecular formula is C18H23NO4. The van der Waals surface area contributed by atoms with E-state index in [4.69, 9.17) is 4.74 Å². The van der Waals surface area contributed by atoms with E-state index in [0.29, 0.717) is 39.1 Å². The molecule has 2 aliphatic rings. The van der Waals surface area contributed by atoms with Gasteiger partial charge < -0.3 is 14.7 Å². The second-order valence-corrected chi connectivity index (χ2v) is 6.80. The maximum atomic E-state index is 12.7. The van der Waals surface area contributed by atoms with Gasteiger partial charge in [0.1, 0.15) is 0 Å². The molecule has 0 radical (unpaired) electrons. The Hall–Kier alpha value is -1.88. The third kappa shape index (κ3) is 2.74. The van der Waals surface area contributed by atoms with Crippen molar-refractivity contribution in [1.82, 2.24) is 4.90 Å². The predicted octanol–water partition coefficient (Wildman–Crippen LogP) is 1.80. The number of ether oxygens (including phenoxy) is 1. The summed E-state index contributed by atoms with van der Waals surface area (Å²) in [6, 6.07) is 6.00. The first-order valence-corrected chi connectivity index (χ1v) is 8.08. The number of aryl methyl sites for hydroxylation is 2. The maximum Gasteiger partial charge on any atom is 0.311 e. The molecule has 1 aromatic rings. The number of hydrogen-bond acceptors (Lipinski definition) is 3. The highest BCUT2D eigenvalue weighted by Crippen LogP contribution is 2.42. The number of benzene rings is 1. The minimum absolute atomic E-state index is 0.0115. The van der Waals surface area contributed by atoms with Gasteiger partial charge in [-0.25, -0.2) is 0 Å². The Bertz CT molecular complexity index is 622. The summed E-state index contributed by atoms with van der Waals surface area (Å²) in [7, 11) is 0. The summed E-state index contributed by atoms with van der Waals surface area (Å²) in [6.07, 6.45) is 0.821. The van der Waals surface area contributed by atoms with Crippen LogP contribution in [0.3, 0.4) is 0 Å². The number of carboxylic acid groups (broad SMARTS) is 1. The van der Waals surface area contributed by atoms with Gasteiger partial charge in [0.05, 0.1) is 18.4 Å². The molecule has 2 atom stereocenters. The highest BCUT2D eigenvalue weighted by Gasteiger charge is 2.54. The Kier molecular flexibility index (Phi) is 4.15. The van der Waals surface area contributed by atoms with Gasteiger partial charge in [-0.15, -0.1) is 0 Å². The van der Waals surface area contributed by atoms with Gasteiger partial charge in [-0.2, -0.15) is 0 Å². The molecule has 2 aliphatic heterocycles. The summed E-state index contributed by atoms with van der Waals surface area (Å²) in [5.41, 5.74) is 2.43. The van der Waals surface area contributed by atoms with Crippen LogP contribution in [0.25, 0.3) is 0 Å². The maximum absolute atomic E-state index is 12.7. The summed E-state index contributed by atoms with van der Waals surface area (Å²) < 4.78 is 5.44. The quantitative estimate of drug-likeness (QED) is 0.923. The van der Waals surface area contributed by atoms with Crippen molar-refractivity contribution in [3.8, 4) is 0 Å². The van der Waals surface area contributed by atoms with E-state index < -0.39 is 11.4 Å². The molecule has 23 heavy (non-hydrogen) atoms. The molecule has 3 rings (SSSR count). The first-order valence-electron chi connectivity index (χ1n) is 8.08. The van der Waals surface area contributed by atoms with Gasteiger partial charge in [0.15, 0.2) is 0 Å². The molecule has 1 amide bonds. The van der Waals surface area contributed by atoms with Crippen LogP contribution in [0, 0.1) is 25.2 Å². The van der Waals surface area contributed by atoms with Gasteiger partial charge in [-0.1, -0.05) is 18.2 Å². The zero-order valence-corrected chi connectivity index (χ0v) is 13.7. The molecule has 0 saturated carbocycles. The van der Waals surface area contributed by atoms with Crippen LogP contribution >= 0.6 is 0 Å². The van der Waals surface area contributed by atoms with Crippen LogP contribution in [-0.4, -0.2) is 48.2 Å². The lowest BCUT2D eigenvalue weighted by Crippen LogP contribution is -2.45. The fourth-order valence-electron chi connectivity index (χ4n) is 3.88. The van der Waals surface area contributed by atoms with Gasteiger partial charge in [-0.3, -0.25) is 9.59 Å². The van der Waals surface area contributed by atoms with E-state index in [9.17, 15) is 14.7 Å². The van der Waals surface area contributed by atoms with Crippen LogP contribution in [0.2, 0.25) is 0 Å². The zero-order chi connectivity index (χ0) is 16.6. The summed E-state index contributed by atoms with van der Waals surface area (Å²) in [5.74, 6) is -0.888. The minimum Gasteiger partial charge on any atom is -0.481 e. The number of nitrogens with zero attached hydrogens (tertiary/aromatic N) is 1. The second-order valence-electron chi connectivity index (χ2n) is 6.80. The molecule has 1 aromatic carbocycles. The Balaban J connectivity index is 1.78. The number of carbonyl (C=O) groups is 2. The molecule has 2 saturated heterocycles. The number of fused-ring (bicyclic) bond motifs is 1. The van der Waals surface area contributed by atoms with E-state index in [0.717, 1.165) is 16.7 Å². The normalized spacial score (nSPS) is 26.9. The number of carboxylic acids is 1. The van der Waals surface area contributed by atoms with Gasteiger partial charge in [-0.05, 0) is 37.0 Å². The topological polar surface area (TPSA) is 66.8 Å². The summed E-state index contributed by atoms with van der Waals surface area (Å²) in [5, 5.41) is 9.68. The molecule has 0 aliphatic carbocycles. The van der Waals surface area contributed by atoms with Crippen molar-refractivity contribution in [2.75, 3.05) is 26.3 Å². The number of amides is 1. The molecule has 0 spiro atoms. The number of carbonyl (C=O) groups excluding carboxylic acids is 1. The van der Waals surface area contributed by atoms with Gasteiger partial charge in [0.25, 0.3) is 0 Å². The summed E-state index contributed by atoms with van der Waals surface area (Å²) in [4.78, 5) is 26.2. The minimum atomic E-state index is -0.825. The Morgan fingerprint density at radius 1 is 1.35 bits per heavy atom. The van der Waals surface area contributed by atoms with Crippen LogP contribution in [0.15, 0.2) is 18.2 Å². The molecule has 0 unspecified atom stereocenters. The van der Waals surface area contributed by atoms with Crippen molar-refractivity contribution in [3.63, 3.8) is 0 Å². The highest BCUT2D eigenvalue weighted by molar-refractivity contribution is 5.83. The van der Waals surface area contributed by atoms with Crippen LogP contribution in [0.5, 0.6) is 0 Å². The van der Waals surface area contributed by atoms with E-state index in [1.165, 1.54) is 0 Å². The summed E-state index contributed by atoms with van der Waals surface area (Å²) in [6.45, 7) is 5.69. The molecule has 2 heterocycles. The highest BCUT2D eigenvalue weighted by atomic mass is 16.5. The Morgan fingerprint density at radius 2 is 2.04 bits per heavy atom. The van der Waals surface area contributed by atoms with E-state index >= 15 is 0 Å². The third-order valence-corrected chi connectivity index (χ3v) is 5.46. The van der Waals surface area contributed by atoms with E-state index in [1.54, 1.807) is 4.90 Å². The first kappa shape index (κ1) is 16.0. The van der Waals surface area contributed by atoms with E-state index in [2.05, 4.69) is 0 Å². The zero-order valence-electron chi connectivity index (χ0n) is 13.7. The average molecular weight is 317 g/mol. The van der Waals surface area contributed by atoms with Crippen molar-refractivity contribution in [1.29, 1.82) is 0 Å². The van der Waals surface area contributed by atoms with Crippen LogP contribution in [0.4, 0.5) is 0 Å². The van der Waals surface area contributed by atoms with Crippen molar-refractivity contribution in [3.05, 3.63) is 34.9 Å². The van der Waals surface area contributed by atoms with Crippen LogP contribution in [-0.2, 0) is 20.7 Å². The van der Waals surface area contributed by atoms with Gasteiger partial charge >= 0.3 is 5.97 Å². The lowest BCUT2D eigenvalue weighted by molar-refractivity contribution is -0.157. The number of hydrogen-bond donors (Lipinski definition) is 1. The molecular weight excluding hydrogens is 294 g/mol. The van der Waals surface area contributed by atoms with E-state index in [-0.39, 0.29) is 11.8 Å². The smallest absolute Gasteiger partial charge is 0.311 e. The third-order valence-electron chi connectivity index (χ3n) is 5.46. The van der Waals surface area contributed by atoms with E-state index in [1.807, 2.05) is 32.0 Å². The molecule has 0 bridgehead atoms. The molecule has 5 nitrogen and oxygen atoms in total. The number of likely N-dealkylation sites (tertiary alicyclic amines) is 1. The summed E-state index contributed by atoms with van der Waals surface area (Å²) >= 11 is 0. The molecule has 5 heteroatoms. The van der Waals surface area contributed by atoms with Gasteiger partial charge in [0.2, 0.25) is 5.91 Å². The van der Waals surface area contributed by atoms with Crippen molar-refractivity contribution >= 4 is 11.9 Å². The standard InChI is InChI=1S/C18H23NO4/c1-12-4-3-5-13(2)15(12)8-16(20)19-9-14-10-23-7-6-18(14,11-19)17(21)22/h3-5,14H,6-11H2,1-2H3,(H,21,22)/t14-,18+/m0/s1. The molecule has 0 aromatic heterocycles. The van der Waals surface area contributed by atoms with Crippen molar-refractivity contribution in [2.45, 2.75) is 26.7 Å². The SMILES string of the molecule is Cc1cccc(C)c1CC(=O)N1C[C@H]2COCC[C@@]2(C(=O)O)C1. The van der Waals surface area contributed by atoms with Crippen LogP contribution < -0.4 is 0 Å². The second kappa shape index (κ2) is 5.96. The monoisotopic (exact) mass is 317 g/mol. The number of rotatable bonds is 3.